The first kappa shape index (κ1) is 69.5. The Kier molecular flexibility index (Phi) is 52.1. The van der Waals surface area contributed by atoms with Crippen molar-refractivity contribution >= 4 is 17.9 Å². The maximum atomic E-state index is 12.8. The molecule has 0 saturated heterocycles. The van der Waals surface area contributed by atoms with Gasteiger partial charge in [0.25, 0.3) is 0 Å². The second-order valence-electron chi connectivity index (χ2n) is 20.9. The van der Waals surface area contributed by atoms with E-state index >= 15 is 0 Å². The number of rotatable bonds is 54. The van der Waals surface area contributed by atoms with Crippen molar-refractivity contribution in [2.45, 2.75) is 257 Å². The summed E-state index contributed by atoms with van der Waals surface area (Å²) in [6.45, 7) is 4.59. The van der Waals surface area contributed by atoms with Crippen molar-refractivity contribution in [3.8, 4) is 0 Å². The first-order chi connectivity index (χ1) is 35.6. The fourth-order valence-corrected chi connectivity index (χ4v) is 8.06. The van der Waals surface area contributed by atoms with E-state index < -0.39 is 24.3 Å². The van der Waals surface area contributed by atoms with Crippen LogP contribution < -0.4 is 5.11 Å². The first-order valence-corrected chi connectivity index (χ1v) is 29.7. The topological polar surface area (TPSA) is 111 Å². The number of carboxylic acid groups (broad SMARTS) is 1. The van der Waals surface area contributed by atoms with Gasteiger partial charge >= 0.3 is 11.9 Å². The van der Waals surface area contributed by atoms with Crippen molar-refractivity contribution < 1.29 is 42.9 Å². The Hall–Kier alpha value is -3.53. The number of esters is 2. The Bertz CT molecular complexity index is 1470. The smallest absolute Gasteiger partial charge is 0.306 e. The number of hydrogen-bond acceptors (Lipinski definition) is 8. The van der Waals surface area contributed by atoms with Gasteiger partial charge in [-0.2, -0.15) is 0 Å². The third-order valence-corrected chi connectivity index (χ3v) is 12.6. The minimum Gasteiger partial charge on any atom is -0.545 e. The number of carboxylic acids is 1. The largest absolute Gasteiger partial charge is 0.545 e. The number of likely N-dealkylation sites (N-methyl/N-ethyl adjacent to an activating group) is 1. The molecule has 0 fully saturated rings. The number of aliphatic carboxylic acids is 1. The molecule has 0 aliphatic rings. The maximum Gasteiger partial charge on any atom is 0.306 e. The molecule has 0 saturated carbocycles. The maximum absolute atomic E-state index is 12.8. The van der Waals surface area contributed by atoms with Gasteiger partial charge in [-0.3, -0.25) is 9.59 Å². The number of nitrogens with zero attached hydrogens (tertiary/aromatic N) is 1. The van der Waals surface area contributed by atoms with Gasteiger partial charge < -0.3 is 33.3 Å². The zero-order valence-electron chi connectivity index (χ0n) is 47.7. The number of quaternary nitrogens is 1. The summed E-state index contributed by atoms with van der Waals surface area (Å²) in [6, 6.07) is 0. The molecule has 9 nitrogen and oxygen atoms in total. The van der Waals surface area contributed by atoms with Crippen LogP contribution in [0.2, 0.25) is 0 Å². The van der Waals surface area contributed by atoms with Crippen LogP contribution in [0.3, 0.4) is 0 Å². The summed E-state index contributed by atoms with van der Waals surface area (Å²) in [6.07, 6.45) is 69.3. The molecule has 73 heavy (non-hydrogen) atoms. The van der Waals surface area contributed by atoms with Crippen LogP contribution >= 0.6 is 0 Å². The molecular formula is C64H111NO8. The standard InChI is InChI=1S/C64H111NO8/c1-6-8-10-12-14-16-18-20-22-24-26-27-28-29-30-31-32-33-34-35-37-38-40-42-44-46-48-50-52-54-61(66)71-58-60(59-72-64(63(68)69)70-57-56-65(3,4)5)73-62(67)55-53-51-49-47-45-43-41-39-36-25-23-21-19-17-15-13-11-9-7-2/h9,11,15,17-18,20-21,23-24,26,36,39,43,45,60,64H,6-8,10,12-14,16,19,22,25,27-35,37-38,40-42,44,46-59H2,1-5H3/b11-9-,17-15-,20-18-,23-21-,26-24-,39-36-,45-43-. The molecule has 0 spiro atoms. The monoisotopic (exact) mass is 1020 g/mol. The lowest BCUT2D eigenvalue weighted by Crippen LogP contribution is -2.44. The first-order valence-electron chi connectivity index (χ1n) is 29.7. The van der Waals surface area contributed by atoms with Crippen LogP contribution in [0.4, 0.5) is 0 Å². The van der Waals surface area contributed by atoms with Crippen molar-refractivity contribution in [2.24, 2.45) is 0 Å². The van der Waals surface area contributed by atoms with E-state index in [4.69, 9.17) is 18.9 Å². The van der Waals surface area contributed by atoms with Crippen molar-refractivity contribution in [3.63, 3.8) is 0 Å². The van der Waals surface area contributed by atoms with Gasteiger partial charge in [0.05, 0.1) is 40.3 Å². The lowest BCUT2D eigenvalue weighted by atomic mass is 10.0. The summed E-state index contributed by atoms with van der Waals surface area (Å²) < 4.78 is 22.7. The molecule has 0 aromatic heterocycles. The summed E-state index contributed by atoms with van der Waals surface area (Å²) in [7, 11) is 5.91. The summed E-state index contributed by atoms with van der Waals surface area (Å²) in [5.74, 6) is -2.33. The second-order valence-corrected chi connectivity index (χ2v) is 20.9. The number of unbranched alkanes of at least 4 members (excludes halogenated alkanes) is 25. The SMILES string of the molecule is CC/C=C\C/C=C\C/C=C\C/C=C\C/C=C\CCCCCC(=O)OC(COC(=O)CCCCCCCCCCCCCCCCCCC/C=C\C/C=C\CCCCCCC)COC(OCC[N+](C)(C)C)C(=O)[O-]. The van der Waals surface area contributed by atoms with Gasteiger partial charge in [-0.25, -0.2) is 0 Å². The van der Waals surface area contributed by atoms with Crippen LogP contribution in [-0.2, 0) is 33.3 Å². The van der Waals surface area contributed by atoms with E-state index in [0.29, 0.717) is 17.4 Å². The van der Waals surface area contributed by atoms with Crippen LogP contribution in [0.25, 0.3) is 0 Å². The number of allylic oxidation sites excluding steroid dienone is 14. The molecule has 420 valence electrons. The molecule has 0 aliphatic heterocycles. The minimum atomic E-state index is -1.63. The van der Waals surface area contributed by atoms with E-state index in [-0.39, 0.29) is 38.6 Å². The molecular weight excluding hydrogens is 911 g/mol. The summed E-state index contributed by atoms with van der Waals surface area (Å²) in [4.78, 5) is 37.3. The van der Waals surface area contributed by atoms with E-state index in [9.17, 15) is 19.5 Å². The molecule has 0 rings (SSSR count). The van der Waals surface area contributed by atoms with Gasteiger partial charge in [-0.15, -0.1) is 0 Å². The van der Waals surface area contributed by atoms with Crippen LogP contribution in [0, 0.1) is 0 Å². The Morgan fingerprint density at radius 3 is 1.18 bits per heavy atom. The van der Waals surface area contributed by atoms with Crippen LogP contribution in [0.5, 0.6) is 0 Å². The zero-order valence-corrected chi connectivity index (χ0v) is 47.7. The van der Waals surface area contributed by atoms with Crippen molar-refractivity contribution in [1.82, 2.24) is 0 Å². The van der Waals surface area contributed by atoms with Gasteiger partial charge in [0.2, 0.25) is 0 Å². The lowest BCUT2D eigenvalue weighted by Gasteiger charge is -2.26. The molecule has 9 heteroatoms. The predicted molar refractivity (Wildman–Crippen MR) is 306 cm³/mol. The van der Waals surface area contributed by atoms with Crippen molar-refractivity contribution in [3.05, 3.63) is 85.1 Å². The van der Waals surface area contributed by atoms with E-state index in [1.165, 1.54) is 135 Å². The molecule has 0 amide bonds. The highest BCUT2D eigenvalue weighted by atomic mass is 16.7. The third-order valence-electron chi connectivity index (χ3n) is 12.6. The van der Waals surface area contributed by atoms with E-state index in [0.717, 1.165) is 77.0 Å². The second kappa shape index (κ2) is 54.7. The molecule has 0 bridgehead atoms. The third kappa shape index (κ3) is 56.0. The van der Waals surface area contributed by atoms with Gasteiger partial charge in [0.1, 0.15) is 13.2 Å². The number of hydrogen-bond donors (Lipinski definition) is 0. The van der Waals surface area contributed by atoms with Crippen molar-refractivity contribution in [2.75, 3.05) is 47.5 Å². The Labute approximate surface area is 449 Å². The van der Waals surface area contributed by atoms with E-state index in [1.54, 1.807) is 0 Å². The Morgan fingerprint density at radius 2 is 0.781 bits per heavy atom. The molecule has 0 aromatic rings. The number of ether oxygens (including phenoxy) is 4. The van der Waals surface area contributed by atoms with Crippen LogP contribution in [0.1, 0.15) is 245 Å². The molecule has 2 unspecified atom stereocenters. The number of carbonyl (C=O) groups excluding carboxylic acids is 3. The Balaban J connectivity index is 4.22. The molecule has 0 N–H and O–H groups in total. The van der Waals surface area contributed by atoms with Gasteiger partial charge in [-0.05, 0) is 89.9 Å². The highest BCUT2D eigenvalue weighted by Crippen LogP contribution is 2.16. The van der Waals surface area contributed by atoms with Gasteiger partial charge in [0, 0.05) is 12.8 Å². The van der Waals surface area contributed by atoms with Gasteiger partial charge in [0.15, 0.2) is 12.4 Å². The van der Waals surface area contributed by atoms with Gasteiger partial charge in [-0.1, -0.05) is 227 Å². The summed E-state index contributed by atoms with van der Waals surface area (Å²) in [5.41, 5.74) is 0. The fraction of sp³-hybridized carbons (Fsp3) is 0.734. The van der Waals surface area contributed by atoms with Crippen molar-refractivity contribution in [1.29, 1.82) is 0 Å². The average molecular weight is 1020 g/mol. The molecule has 0 heterocycles. The fourth-order valence-electron chi connectivity index (χ4n) is 8.06. The summed E-state index contributed by atoms with van der Waals surface area (Å²) in [5, 5.41) is 11.8. The van der Waals surface area contributed by atoms with Crippen LogP contribution in [0.15, 0.2) is 85.1 Å². The highest BCUT2D eigenvalue weighted by molar-refractivity contribution is 5.70. The average Bonchev–Trinajstić information content (AvgIpc) is 3.36. The zero-order chi connectivity index (χ0) is 53.4. The van der Waals surface area contributed by atoms with Crippen LogP contribution in [-0.4, -0.2) is 82.3 Å². The molecule has 2 atom stereocenters. The summed E-state index contributed by atoms with van der Waals surface area (Å²) >= 11 is 0. The Morgan fingerprint density at radius 1 is 0.425 bits per heavy atom. The van der Waals surface area contributed by atoms with E-state index in [2.05, 4.69) is 98.9 Å². The quantitative estimate of drug-likeness (QED) is 0.0195. The lowest BCUT2D eigenvalue weighted by molar-refractivity contribution is -0.870. The molecule has 0 aliphatic carbocycles. The molecule has 0 radical (unpaired) electrons. The van der Waals surface area contributed by atoms with E-state index in [1.807, 2.05) is 21.1 Å². The molecule has 0 aromatic carbocycles. The number of carbonyl (C=O) groups is 3. The predicted octanol–water partition coefficient (Wildman–Crippen LogP) is 16.2. The normalized spacial score (nSPS) is 13.4. The highest BCUT2D eigenvalue weighted by Gasteiger charge is 2.22. The minimum absolute atomic E-state index is 0.138.